The van der Waals surface area contributed by atoms with E-state index in [1.165, 1.54) is 31.2 Å². The molecule has 106 valence electrons. The molecule has 0 spiro atoms. The lowest BCUT2D eigenvalue weighted by atomic mass is 9.82. The smallest absolute Gasteiger partial charge is 0.118 e. The van der Waals surface area contributed by atoms with Crippen molar-refractivity contribution in [3.05, 3.63) is 29.8 Å². The van der Waals surface area contributed by atoms with Crippen LogP contribution in [-0.2, 0) is 0 Å². The Morgan fingerprint density at radius 1 is 1.26 bits per heavy atom. The van der Waals surface area contributed by atoms with Crippen LogP contribution in [0.25, 0.3) is 0 Å². The summed E-state index contributed by atoms with van der Waals surface area (Å²) in [5.74, 6) is 2.71. The topological polar surface area (TPSA) is 21.3 Å². The lowest BCUT2D eigenvalue weighted by Gasteiger charge is -2.28. The van der Waals surface area contributed by atoms with Crippen LogP contribution in [-0.4, -0.2) is 13.7 Å². The van der Waals surface area contributed by atoms with Crippen LogP contribution in [0.1, 0.15) is 51.1 Å². The summed E-state index contributed by atoms with van der Waals surface area (Å²) in [6, 6.07) is 8.80. The van der Waals surface area contributed by atoms with Gasteiger partial charge in [-0.1, -0.05) is 31.9 Å². The highest BCUT2D eigenvalue weighted by molar-refractivity contribution is 5.28. The van der Waals surface area contributed by atoms with Gasteiger partial charge in [-0.05, 0) is 55.8 Å². The molecule has 1 N–H and O–H groups in total. The first-order valence-corrected chi connectivity index (χ1v) is 7.56. The second kappa shape index (κ2) is 6.95. The first kappa shape index (κ1) is 14.4. The van der Waals surface area contributed by atoms with Gasteiger partial charge in [0.2, 0.25) is 0 Å². The van der Waals surface area contributed by atoms with Gasteiger partial charge in [0.15, 0.2) is 0 Å². The van der Waals surface area contributed by atoms with Gasteiger partial charge in [-0.25, -0.2) is 0 Å². The lowest BCUT2D eigenvalue weighted by Crippen LogP contribution is -2.28. The zero-order valence-corrected chi connectivity index (χ0v) is 12.5. The molecule has 1 aromatic carbocycles. The van der Waals surface area contributed by atoms with E-state index in [9.17, 15) is 0 Å². The van der Waals surface area contributed by atoms with Gasteiger partial charge in [-0.15, -0.1) is 0 Å². The zero-order valence-electron chi connectivity index (χ0n) is 12.5. The minimum Gasteiger partial charge on any atom is -0.497 e. The minimum atomic E-state index is 0.420. The van der Waals surface area contributed by atoms with Crippen LogP contribution < -0.4 is 10.1 Å². The van der Waals surface area contributed by atoms with Crippen molar-refractivity contribution in [1.82, 2.24) is 5.32 Å². The van der Waals surface area contributed by atoms with E-state index in [4.69, 9.17) is 4.74 Å². The maximum Gasteiger partial charge on any atom is 0.118 e. The van der Waals surface area contributed by atoms with Crippen LogP contribution in [0.4, 0.5) is 0 Å². The van der Waals surface area contributed by atoms with Crippen molar-refractivity contribution < 1.29 is 4.74 Å². The fourth-order valence-corrected chi connectivity index (χ4v) is 3.10. The molecule has 0 heterocycles. The molecule has 1 fully saturated rings. The van der Waals surface area contributed by atoms with E-state index >= 15 is 0 Å². The summed E-state index contributed by atoms with van der Waals surface area (Å²) < 4.78 is 5.20. The predicted octanol–water partition coefficient (Wildman–Crippen LogP) is 4.17. The summed E-state index contributed by atoms with van der Waals surface area (Å²) in [5.41, 5.74) is 1.34. The van der Waals surface area contributed by atoms with Gasteiger partial charge in [0.1, 0.15) is 5.75 Å². The molecule has 1 saturated carbocycles. The number of ether oxygens (including phenoxy) is 1. The molecular formula is C17H27NO. The fraction of sp³-hybridized carbons (Fsp3) is 0.647. The van der Waals surface area contributed by atoms with Crippen molar-refractivity contribution in [2.75, 3.05) is 13.7 Å². The number of hydrogen-bond donors (Lipinski definition) is 1. The molecule has 2 unspecified atom stereocenters. The van der Waals surface area contributed by atoms with Gasteiger partial charge in [0, 0.05) is 6.04 Å². The van der Waals surface area contributed by atoms with Crippen molar-refractivity contribution in [3.63, 3.8) is 0 Å². The van der Waals surface area contributed by atoms with Crippen LogP contribution in [0.5, 0.6) is 5.75 Å². The van der Waals surface area contributed by atoms with Crippen molar-refractivity contribution in [3.8, 4) is 5.75 Å². The normalized spacial score (nSPS) is 25.0. The predicted molar refractivity (Wildman–Crippen MR) is 80.5 cm³/mol. The Morgan fingerprint density at radius 3 is 2.63 bits per heavy atom. The van der Waals surface area contributed by atoms with E-state index in [-0.39, 0.29) is 0 Å². The monoisotopic (exact) mass is 261 g/mol. The number of hydrogen-bond acceptors (Lipinski definition) is 2. The fourth-order valence-electron chi connectivity index (χ4n) is 3.10. The number of rotatable bonds is 5. The highest BCUT2D eigenvalue weighted by Gasteiger charge is 2.19. The molecule has 0 aromatic heterocycles. The van der Waals surface area contributed by atoms with Crippen LogP contribution in [0.15, 0.2) is 24.3 Å². The van der Waals surface area contributed by atoms with Crippen LogP contribution >= 0.6 is 0 Å². The molecular weight excluding hydrogens is 234 g/mol. The summed E-state index contributed by atoms with van der Waals surface area (Å²) in [6.45, 7) is 5.78. The number of methoxy groups -OCH3 is 1. The molecule has 2 nitrogen and oxygen atoms in total. The summed E-state index contributed by atoms with van der Waals surface area (Å²) in [7, 11) is 1.71. The molecule has 1 aromatic rings. The average Bonchev–Trinajstić information content (AvgIpc) is 2.45. The van der Waals surface area contributed by atoms with Gasteiger partial charge in [-0.2, -0.15) is 0 Å². The Labute approximate surface area is 117 Å². The lowest BCUT2D eigenvalue weighted by molar-refractivity contribution is 0.268. The van der Waals surface area contributed by atoms with Gasteiger partial charge >= 0.3 is 0 Å². The molecule has 1 aliphatic rings. The van der Waals surface area contributed by atoms with Crippen molar-refractivity contribution >= 4 is 0 Å². The summed E-state index contributed by atoms with van der Waals surface area (Å²) >= 11 is 0. The zero-order chi connectivity index (χ0) is 13.7. The average molecular weight is 261 g/mol. The van der Waals surface area contributed by atoms with Crippen molar-refractivity contribution in [2.45, 2.75) is 45.6 Å². The van der Waals surface area contributed by atoms with E-state index in [0.717, 1.165) is 24.1 Å². The van der Waals surface area contributed by atoms with Gasteiger partial charge in [0.05, 0.1) is 7.11 Å². The first-order chi connectivity index (χ1) is 9.19. The Balaban J connectivity index is 1.81. The van der Waals surface area contributed by atoms with Crippen molar-refractivity contribution in [2.24, 2.45) is 11.8 Å². The third-order valence-corrected chi connectivity index (χ3v) is 4.37. The maximum atomic E-state index is 5.20. The molecule has 0 radical (unpaired) electrons. The molecule has 2 heteroatoms. The Hall–Kier alpha value is -1.02. The number of nitrogens with one attached hydrogen (secondary N) is 1. The van der Waals surface area contributed by atoms with E-state index < -0.39 is 0 Å². The molecule has 2 rings (SSSR count). The SMILES string of the molecule is COc1ccc([C@H](C)NCC2CCCC(C)C2)cc1. The van der Waals surface area contributed by atoms with E-state index in [0.29, 0.717) is 6.04 Å². The molecule has 1 aliphatic carbocycles. The summed E-state index contributed by atoms with van der Waals surface area (Å²) in [6.07, 6.45) is 5.62. The quantitative estimate of drug-likeness (QED) is 0.859. The van der Waals surface area contributed by atoms with E-state index in [1.807, 2.05) is 12.1 Å². The largest absolute Gasteiger partial charge is 0.497 e. The first-order valence-electron chi connectivity index (χ1n) is 7.56. The van der Waals surface area contributed by atoms with E-state index in [1.54, 1.807) is 7.11 Å². The van der Waals surface area contributed by atoms with Crippen LogP contribution in [0, 0.1) is 11.8 Å². The van der Waals surface area contributed by atoms with Gasteiger partial charge in [-0.3, -0.25) is 0 Å². The molecule has 0 bridgehead atoms. The Bertz CT molecular complexity index is 373. The third kappa shape index (κ3) is 4.24. The summed E-state index contributed by atoms with van der Waals surface area (Å²) in [5, 5.41) is 3.69. The second-order valence-corrected chi connectivity index (χ2v) is 6.04. The van der Waals surface area contributed by atoms with Gasteiger partial charge in [0.25, 0.3) is 0 Å². The van der Waals surface area contributed by atoms with Gasteiger partial charge < -0.3 is 10.1 Å². The molecule has 0 saturated heterocycles. The minimum absolute atomic E-state index is 0.420. The van der Waals surface area contributed by atoms with Crippen molar-refractivity contribution in [1.29, 1.82) is 0 Å². The second-order valence-electron chi connectivity index (χ2n) is 6.04. The highest BCUT2D eigenvalue weighted by atomic mass is 16.5. The Kier molecular flexibility index (Phi) is 5.26. The molecule has 0 aliphatic heterocycles. The highest BCUT2D eigenvalue weighted by Crippen LogP contribution is 2.28. The van der Waals surface area contributed by atoms with E-state index in [2.05, 4.69) is 31.3 Å². The van der Waals surface area contributed by atoms with Crippen LogP contribution in [0.2, 0.25) is 0 Å². The molecule has 0 amide bonds. The molecule has 19 heavy (non-hydrogen) atoms. The standard InChI is InChI=1S/C17H27NO/c1-13-5-4-6-15(11-13)12-18-14(2)16-7-9-17(19-3)10-8-16/h7-10,13-15,18H,4-6,11-12H2,1-3H3/t13?,14-,15?/m0/s1. The van der Waals surface area contributed by atoms with Crippen LogP contribution in [0.3, 0.4) is 0 Å². The summed E-state index contributed by atoms with van der Waals surface area (Å²) in [4.78, 5) is 0. The molecule has 3 atom stereocenters. The Morgan fingerprint density at radius 2 is 2.00 bits per heavy atom. The third-order valence-electron chi connectivity index (χ3n) is 4.37. The number of benzene rings is 1. The maximum absolute atomic E-state index is 5.20.